The number of nitrogens with zero attached hydrogens (tertiary/aromatic N) is 1. The molecule has 0 spiro atoms. The third kappa shape index (κ3) is 1.97. The molecule has 1 heterocycles. The van der Waals surface area contributed by atoms with E-state index >= 15 is 0 Å². The molecular weight excluding hydrogens is 246 g/mol. The molecule has 0 saturated carbocycles. The quantitative estimate of drug-likeness (QED) is 0.521. The molecule has 5 nitrogen and oxygen atoms in total. The van der Waals surface area contributed by atoms with Crippen LogP contribution in [-0.2, 0) is 16.6 Å². The van der Waals surface area contributed by atoms with Crippen LogP contribution in [0, 0.1) is 6.92 Å². The molecule has 0 bridgehead atoms. The summed E-state index contributed by atoms with van der Waals surface area (Å²) in [7, 11) is 1.68. The number of carbonyl (C=O) groups excluding carboxylic acids is 2. The third-order valence-corrected chi connectivity index (χ3v) is 3.12. The minimum atomic E-state index is -0.879. The van der Waals surface area contributed by atoms with Crippen LogP contribution < -0.4 is 0 Å². The molecule has 0 unspecified atom stereocenters. The van der Waals surface area contributed by atoms with Crippen molar-refractivity contribution in [3.8, 4) is 5.75 Å². The minimum absolute atomic E-state index is 0.0912. The van der Waals surface area contributed by atoms with Gasteiger partial charge in [-0.25, -0.2) is 4.79 Å². The molecule has 5 heteroatoms. The zero-order valence-corrected chi connectivity index (χ0v) is 11.1. The second-order valence-corrected chi connectivity index (χ2v) is 4.25. The van der Waals surface area contributed by atoms with Crippen molar-refractivity contribution in [2.75, 3.05) is 6.61 Å². The predicted octanol–water partition coefficient (Wildman–Crippen LogP) is 1.94. The van der Waals surface area contributed by atoms with E-state index in [4.69, 9.17) is 4.74 Å². The Morgan fingerprint density at radius 1 is 1.37 bits per heavy atom. The van der Waals surface area contributed by atoms with Crippen molar-refractivity contribution in [1.82, 2.24) is 4.57 Å². The van der Waals surface area contributed by atoms with Gasteiger partial charge < -0.3 is 14.4 Å². The number of rotatable bonds is 3. The Kier molecular flexibility index (Phi) is 3.29. The Labute approximate surface area is 110 Å². The summed E-state index contributed by atoms with van der Waals surface area (Å²) in [5.41, 5.74) is 1.52. The number of aromatic hydroxyl groups is 1. The van der Waals surface area contributed by atoms with Crippen molar-refractivity contribution in [3.05, 3.63) is 29.5 Å². The number of Topliss-reactive ketones (excluding diaryl/α,β-unsaturated/α-hetero) is 1. The summed E-state index contributed by atoms with van der Waals surface area (Å²) in [5.74, 6) is -1.48. The number of aryl methyl sites for hydroxylation is 2. The number of benzene rings is 1. The first-order chi connectivity index (χ1) is 8.99. The van der Waals surface area contributed by atoms with Crippen LogP contribution in [0.1, 0.15) is 23.0 Å². The maximum atomic E-state index is 12.1. The maximum absolute atomic E-state index is 12.1. The van der Waals surface area contributed by atoms with E-state index in [1.54, 1.807) is 43.7 Å². The van der Waals surface area contributed by atoms with Gasteiger partial charge in [0, 0.05) is 12.4 Å². The highest BCUT2D eigenvalue weighted by Crippen LogP contribution is 2.32. The number of phenols is 1. The first-order valence-corrected chi connectivity index (χ1v) is 5.97. The van der Waals surface area contributed by atoms with E-state index < -0.39 is 11.8 Å². The van der Waals surface area contributed by atoms with Crippen LogP contribution in [0.2, 0.25) is 0 Å². The first kappa shape index (κ1) is 13.1. The summed E-state index contributed by atoms with van der Waals surface area (Å²) in [4.78, 5) is 23.6. The lowest BCUT2D eigenvalue weighted by Crippen LogP contribution is -2.20. The number of esters is 1. The molecule has 0 radical (unpaired) electrons. The summed E-state index contributed by atoms with van der Waals surface area (Å²) in [6.45, 7) is 3.50. The fourth-order valence-electron chi connectivity index (χ4n) is 2.30. The Hall–Kier alpha value is -2.30. The van der Waals surface area contributed by atoms with E-state index in [2.05, 4.69) is 0 Å². The molecule has 1 N–H and O–H groups in total. The van der Waals surface area contributed by atoms with Gasteiger partial charge in [0.25, 0.3) is 5.78 Å². The predicted molar refractivity (Wildman–Crippen MR) is 70.3 cm³/mol. The molecule has 0 aliphatic carbocycles. The van der Waals surface area contributed by atoms with Crippen LogP contribution in [0.25, 0.3) is 10.9 Å². The second kappa shape index (κ2) is 4.76. The maximum Gasteiger partial charge on any atom is 0.381 e. The van der Waals surface area contributed by atoms with Crippen molar-refractivity contribution in [1.29, 1.82) is 0 Å². The molecule has 0 atom stereocenters. The molecular formula is C14H15NO4. The molecule has 0 aliphatic rings. The highest BCUT2D eigenvalue weighted by Gasteiger charge is 2.26. The fourth-order valence-corrected chi connectivity index (χ4v) is 2.30. The number of phenolic OH excluding ortho intramolecular Hbond substituents is 1. The first-order valence-electron chi connectivity index (χ1n) is 5.97. The smallest absolute Gasteiger partial charge is 0.381 e. The monoisotopic (exact) mass is 261 g/mol. The SMILES string of the molecule is CCOC(=O)C(=O)c1c(C)c2c(O)cccc2n1C. The second-order valence-electron chi connectivity index (χ2n) is 4.25. The zero-order chi connectivity index (χ0) is 14.2. The molecule has 2 aromatic rings. The number of hydrogen-bond donors (Lipinski definition) is 1. The van der Waals surface area contributed by atoms with Gasteiger partial charge in [-0.15, -0.1) is 0 Å². The summed E-state index contributed by atoms with van der Waals surface area (Å²) in [6, 6.07) is 5.02. The van der Waals surface area contributed by atoms with Gasteiger partial charge in [0.05, 0.1) is 12.1 Å². The average molecular weight is 261 g/mol. The van der Waals surface area contributed by atoms with E-state index in [0.29, 0.717) is 16.5 Å². The number of ketones is 1. The average Bonchev–Trinajstić information content (AvgIpc) is 2.62. The number of ether oxygens (including phenoxy) is 1. The normalized spacial score (nSPS) is 10.7. The van der Waals surface area contributed by atoms with Crippen molar-refractivity contribution in [3.63, 3.8) is 0 Å². The molecule has 1 aromatic carbocycles. The summed E-state index contributed by atoms with van der Waals surface area (Å²) in [6.07, 6.45) is 0. The molecule has 2 rings (SSSR count). The lowest BCUT2D eigenvalue weighted by molar-refractivity contribution is -0.137. The Bertz CT molecular complexity index is 670. The van der Waals surface area contributed by atoms with Crippen LogP contribution in [0.5, 0.6) is 5.75 Å². The lowest BCUT2D eigenvalue weighted by Gasteiger charge is -2.04. The van der Waals surface area contributed by atoms with Crippen molar-refractivity contribution in [2.24, 2.45) is 7.05 Å². The van der Waals surface area contributed by atoms with E-state index in [1.165, 1.54) is 0 Å². The molecule has 0 amide bonds. The van der Waals surface area contributed by atoms with E-state index in [0.717, 1.165) is 0 Å². The van der Waals surface area contributed by atoms with Crippen LogP contribution >= 0.6 is 0 Å². The topological polar surface area (TPSA) is 68.5 Å². The number of fused-ring (bicyclic) bond motifs is 1. The Morgan fingerprint density at radius 2 is 2.05 bits per heavy atom. The van der Waals surface area contributed by atoms with Crippen LogP contribution in [0.3, 0.4) is 0 Å². The summed E-state index contributed by atoms with van der Waals surface area (Å²) < 4.78 is 6.33. The van der Waals surface area contributed by atoms with Gasteiger partial charge in [-0.1, -0.05) is 6.07 Å². The van der Waals surface area contributed by atoms with Crippen molar-refractivity contribution < 1.29 is 19.4 Å². The molecule has 1 aromatic heterocycles. The van der Waals surface area contributed by atoms with Crippen LogP contribution in [-0.4, -0.2) is 28.0 Å². The third-order valence-electron chi connectivity index (χ3n) is 3.12. The van der Waals surface area contributed by atoms with Crippen molar-refractivity contribution >= 4 is 22.7 Å². The fraction of sp³-hybridized carbons (Fsp3) is 0.286. The number of aromatic nitrogens is 1. The minimum Gasteiger partial charge on any atom is -0.507 e. The number of hydrogen-bond acceptors (Lipinski definition) is 4. The molecule has 100 valence electrons. The van der Waals surface area contributed by atoms with Gasteiger partial charge in [-0.05, 0) is 31.5 Å². The van der Waals surface area contributed by atoms with Gasteiger partial charge in [0.1, 0.15) is 11.4 Å². The largest absolute Gasteiger partial charge is 0.507 e. The van der Waals surface area contributed by atoms with Gasteiger partial charge in [-0.2, -0.15) is 0 Å². The van der Waals surface area contributed by atoms with Gasteiger partial charge in [0.15, 0.2) is 0 Å². The van der Waals surface area contributed by atoms with Gasteiger partial charge >= 0.3 is 5.97 Å². The summed E-state index contributed by atoms with van der Waals surface area (Å²) in [5, 5.41) is 10.5. The lowest BCUT2D eigenvalue weighted by atomic mass is 10.1. The standard InChI is InChI=1S/C14H15NO4/c1-4-19-14(18)13(17)12-8(2)11-9(15(12)3)6-5-7-10(11)16/h5-7,16H,4H2,1-3H3. The summed E-state index contributed by atoms with van der Waals surface area (Å²) >= 11 is 0. The number of carbonyl (C=O) groups is 2. The van der Waals surface area contributed by atoms with Crippen molar-refractivity contribution in [2.45, 2.75) is 13.8 Å². The highest BCUT2D eigenvalue weighted by atomic mass is 16.5. The zero-order valence-electron chi connectivity index (χ0n) is 11.1. The molecule has 0 aliphatic heterocycles. The molecule has 19 heavy (non-hydrogen) atoms. The van der Waals surface area contributed by atoms with Gasteiger partial charge in [0.2, 0.25) is 0 Å². The van der Waals surface area contributed by atoms with E-state index in [-0.39, 0.29) is 18.1 Å². The van der Waals surface area contributed by atoms with E-state index in [9.17, 15) is 14.7 Å². The molecule has 0 fully saturated rings. The van der Waals surface area contributed by atoms with E-state index in [1.807, 2.05) is 0 Å². The van der Waals surface area contributed by atoms with Gasteiger partial charge in [-0.3, -0.25) is 4.79 Å². The molecule has 0 saturated heterocycles. The highest BCUT2D eigenvalue weighted by molar-refractivity contribution is 6.41. The Morgan fingerprint density at radius 3 is 2.63 bits per heavy atom. The Balaban J connectivity index is 2.65. The van der Waals surface area contributed by atoms with Crippen LogP contribution in [0.4, 0.5) is 0 Å². The van der Waals surface area contributed by atoms with Crippen LogP contribution in [0.15, 0.2) is 18.2 Å².